The molecule has 0 aliphatic rings. The van der Waals surface area contributed by atoms with Crippen molar-refractivity contribution in [2.75, 3.05) is 7.05 Å². The number of halogens is 1. The second kappa shape index (κ2) is 5.78. The molecule has 18 heavy (non-hydrogen) atoms. The Kier molecular flexibility index (Phi) is 4.62. The number of nitrogens with zero attached hydrogens (tertiary/aromatic N) is 4. The van der Waals surface area contributed by atoms with Gasteiger partial charge >= 0.3 is 0 Å². The highest BCUT2D eigenvalue weighted by Gasteiger charge is 2.22. The number of rotatable bonds is 3. The van der Waals surface area contributed by atoms with E-state index in [1.165, 1.54) is 11.1 Å². The Balaban J connectivity index is 3.13. The number of nitriles is 1. The zero-order valence-corrected chi connectivity index (χ0v) is 11.6. The van der Waals surface area contributed by atoms with Gasteiger partial charge in [0.25, 0.3) is 5.91 Å². The molecule has 6 heteroatoms. The van der Waals surface area contributed by atoms with Gasteiger partial charge in [0, 0.05) is 13.0 Å². The third kappa shape index (κ3) is 2.96. The van der Waals surface area contributed by atoms with Gasteiger partial charge in [0.2, 0.25) is 0 Å². The number of carbonyl (C=O) groups is 1. The summed E-state index contributed by atoms with van der Waals surface area (Å²) in [4.78, 5) is 21.7. The van der Waals surface area contributed by atoms with Gasteiger partial charge in [-0.3, -0.25) is 4.79 Å². The van der Waals surface area contributed by atoms with Crippen molar-refractivity contribution in [3.8, 4) is 6.07 Å². The summed E-state index contributed by atoms with van der Waals surface area (Å²) in [5.74, 6) is 0.284. The molecule has 96 valence electrons. The van der Waals surface area contributed by atoms with E-state index < -0.39 is 6.04 Å². The Morgan fingerprint density at radius 2 is 2.11 bits per heavy atom. The summed E-state index contributed by atoms with van der Waals surface area (Å²) in [6.07, 6.45) is 1.42. The van der Waals surface area contributed by atoms with Crippen molar-refractivity contribution < 1.29 is 4.79 Å². The van der Waals surface area contributed by atoms with Gasteiger partial charge in [0.1, 0.15) is 11.9 Å². The van der Waals surface area contributed by atoms with Crippen molar-refractivity contribution in [2.45, 2.75) is 32.7 Å². The first-order valence-electron chi connectivity index (χ1n) is 5.57. The van der Waals surface area contributed by atoms with E-state index in [4.69, 9.17) is 16.9 Å². The predicted molar refractivity (Wildman–Crippen MR) is 68.3 cm³/mol. The number of aromatic nitrogens is 2. The monoisotopic (exact) mass is 266 g/mol. The molecule has 0 fully saturated rings. The molecule has 0 aliphatic carbocycles. The SMILES string of the molecule is CC(C)c1ncc(Cl)c(C(=O)N(C)C(C)C#N)n1. The molecule has 0 saturated heterocycles. The standard InChI is InChI=1S/C12H15ClN4O/c1-7(2)11-15-6-9(13)10(16-11)12(18)17(4)8(3)5-14/h6-8H,1-4H3. The van der Waals surface area contributed by atoms with E-state index in [1.807, 2.05) is 19.9 Å². The van der Waals surface area contributed by atoms with Crippen LogP contribution in [0.15, 0.2) is 6.20 Å². The Morgan fingerprint density at radius 3 is 2.61 bits per heavy atom. The summed E-state index contributed by atoms with van der Waals surface area (Å²) < 4.78 is 0. The first kappa shape index (κ1) is 14.4. The molecule has 0 saturated carbocycles. The molecule has 1 aromatic rings. The first-order chi connectivity index (χ1) is 8.38. The fourth-order valence-corrected chi connectivity index (χ4v) is 1.41. The minimum atomic E-state index is -0.536. The van der Waals surface area contributed by atoms with Gasteiger partial charge in [-0.1, -0.05) is 25.4 Å². The van der Waals surface area contributed by atoms with Crippen LogP contribution in [0.1, 0.15) is 43.0 Å². The molecule has 1 atom stereocenters. The van der Waals surface area contributed by atoms with Crippen LogP contribution in [0.4, 0.5) is 0 Å². The van der Waals surface area contributed by atoms with E-state index in [0.717, 1.165) is 0 Å². The maximum Gasteiger partial charge on any atom is 0.274 e. The lowest BCUT2D eigenvalue weighted by Gasteiger charge is -2.19. The molecule has 1 unspecified atom stereocenters. The summed E-state index contributed by atoms with van der Waals surface area (Å²) in [6, 6.07) is 1.45. The molecule has 0 aromatic carbocycles. The molecule has 5 nitrogen and oxygen atoms in total. The van der Waals surface area contributed by atoms with Crippen molar-refractivity contribution in [1.29, 1.82) is 5.26 Å². The van der Waals surface area contributed by atoms with Crippen molar-refractivity contribution in [2.24, 2.45) is 0 Å². The Hall–Kier alpha value is -1.67. The third-order valence-electron chi connectivity index (χ3n) is 2.57. The van der Waals surface area contributed by atoms with Gasteiger partial charge < -0.3 is 4.90 Å². The van der Waals surface area contributed by atoms with Gasteiger partial charge in [-0.25, -0.2) is 9.97 Å². The summed E-state index contributed by atoms with van der Waals surface area (Å²) in [6.45, 7) is 5.49. The van der Waals surface area contributed by atoms with Gasteiger partial charge in [-0.2, -0.15) is 5.26 Å². The largest absolute Gasteiger partial charge is 0.325 e. The molecule has 0 bridgehead atoms. The highest BCUT2D eigenvalue weighted by molar-refractivity contribution is 6.33. The highest BCUT2D eigenvalue weighted by Crippen LogP contribution is 2.18. The topological polar surface area (TPSA) is 69.9 Å². The van der Waals surface area contributed by atoms with Crippen LogP contribution in [-0.4, -0.2) is 33.9 Å². The van der Waals surface area contributed by atoms with E-state index in [1.54, 1.807) is 14.0 Å². The Bertz CT molecular complexity index is 495. The van der Waals surface area contributed by atoms with Crippen LogP contribution in [0.3, 0.4) is 0 Å². The van der Waals surface area contributed by atoms with E-state index >= 15 is 0 Å². The number of hydrogen-bond donors (Lipinski definition) is 0. The molecule has 1 heterocycles. The summed E-state index contributed by atoms with van der Waals surface area (Å²) in [5.41, 5.74) is 0.139. The molecule has 0 radical (unpaired) electrons. The van der Waals surface area contributed by atoms with Crippen molar-refractivity contribution >= 4 is 17.5 Å². The van der Waals surface area contributed by atoms with Crippen LogP contribution < -0.4 is 0 Å². The van der Waals surface area contributed by atoms with Gasteiger partial charge in [0.05, 0.1) is 17.3 Å². The summed E-state index contributed by atoms with van der Waals surface area (Å²) in [7, 11) is 1.55. The predicted octanol–water partition coefficient (Wildman–Crippen LogP) is 2.24. The number of carbonyl (C=O) groups excluding carboxylic acids is 1. The zero-order chi connectivity index (χ0) is 13.9. The van der Waals surface area contributed by atoms with E-state index in [9.17, 15) is 4.79 Å². The quantitative estimate of drug-likeness (QED) is 0.841. The van der Waals surface area contributed by atoms with E-state index in [-0.39, 0.29) is 22.5 Å². The van der Waals surface area contributed by atoms with Crippen molar-refractivity contribution in [3.05, 3.63) is 22.7 Å². The van der Waals surface area contributed by atoms with Crippen LogP contribution in [0.5, 0.6) is 0 Å². The normalized spacial score (nSPS) is 12.1. The third-order valence-corrected chi connectivity index (χ3v) is 2.85. The van der Waals surface area contributed by atoms with Gasteiger partial charge in [0.15, 0.2) is 5.69 Å². The van der Waals surface area contributed by atoms with Gasteiger partial charge in [-0.15, -0.1) is 0 Å². The lowest BCUT2D eigenvalue weighted by atomic mass is 10.2. The maximum absolute atomic E-state index is 12.1. The Labute approximate surface area is 111 Å². The number of amides is 1. The maximum atomic E-state index is 12.1. The summed E-state index contributed by atoms with van der Waals surface area (Å²) in [5, 5.41) is 9.00. The molecule has 1 rings (SSSR count). The second-order valence-electron chi connectivity index (χ2n) is 4.30. The molecular weight excluding hydrogens is 252 g/mol. The van der Waals surface area contributed by atoms with Crippen LogP contribution in [0, 0.1) is 11.3 Å². The molecule has 0 aliphatic heterocycles. The highest BCUT2D eigenvalue weighted by atomic mass is 35.5. The fraction of sp³-hybridized carbons (Fsp3) is 0.500. The first-order valence-corrected chi connectivity index (χ1v) is 5.95. The van der Waals surface area contributed by atoms with Crippen LogP contribution >= 0.6 is 11.6 Å². The smallest absolute Gasteiger partial charge is 0.274 e. The Morgan fingerprint density at radius 1 is 1.50 bits per heavy atom. The molecular formula is C12H15ClN4O. The zero-order valence-electron chi connectivity index (χ0n) is 10.8. The van der Waals surface area contributed by atoms with E-state index in [0.29, 0.717) is 5.82 Å². The average Bonchev–Trinajstić information content (AvgIpc) is 2.36. The lowest BCUT2D eigenvalue weighted by Crippen LogP contribution is -2.35. The summed E-state index contributed by atoms with van der Waals surface area (Å²) >= 11 is 5.93. The van der Waals surface area contributed by atoms with Crippen LogP contribution in [0.25, 0.3) is 0 Å². The molecule has 0 spiro atoms. The van der Waals surface area contributed by atoms with Crippen LogP contribution in [0.2, 0.25) is 5.02 Å². The van der Waals surface area contributed by atoms with Crippen LogP contribution in [-0.2, 0) is 0 Å². The number of hydrogen-bond acceptors (Lipinski definition) is 4. The molecule has 0 N–H and O–H groups in total. The van der Waals surface area contributed by atoms with Crippen molar-refractivity contribution in [3.63, 3.8) is 0 Å². The minimum absolute atomic E-state index is 0.104. The molecule has 1 amide bonds. The minimum Gasteiger partial charge on any atom is -0.325 e. The van der Waals surface area contributed by atoms with E-state index in [2.05, 4.69) is 9.97 Å². The average molecular weight is 267 g/mol. The lowest BCUT2D eigenvalue weighted by molar-refractivity contribution is 0.0767. The fourth-order valence-electron chi connectivity index (χ4n) is 1.24. The molecule has 1 aromatic heterocycles. The second-order valence-corrected chi connectivity index (χ2v) is 4.71. The van der Waals surface area contributed by atoms with Gasteiger partial charge in [-0.05, 0) is 6.92 Å². The van der Waals surface area contributed by atoms with Crippen molar-refractivity contribution in [1.82, 2.24) is 14.9 Å².